The van der Waals surface area contributed by atoms with Gasteiger partial charge in [0.15, 0.2) is 0 Å². The summed E-state index contributed by atoms with van der Waals surface area (Å²) >= 11 is 0. The van der Waals surface area contributed by atoms with E-state index < -0.39 is 5.41 Å². The van der Waals surface area contributed by atoms with Gasteiger partial charge in [0.2, 0.25) is 5.91 Å². The van der Waals surface area contributed by atoms with Crippen molar-refractivity contribution in [3.63, 3.8) is 0 Å². The highest BCUT2D eigenvalue weighted by atomic mass is 16.2. The van der Waals surface area contributed by atoms with Crippen LogP contribution in [0.5, 0.6) is 0 Å². The number of likely N-dealkylation sites (tertiary alicyclic amines) is 1. The predicted octanol–water partition coefficient (Wildman–Crippen LogP) is 0.869. The van der Waals surface area contributed by atoms with Crippen LogP contribution >= 0.6 is 0 Å². The first kappa shape index (κ1) is 15.7. The minimum atomic E-state index is -0.494. The summed E-state index contributed by atoms with van der Waals surface area (Å²) in [6.45, 7) is 1.78. The molecule has 25 heavy (non-hydrogen) atoms. The zero-order valence-corrected chi connectivity index (χ0v) is 14.1. The number of hydrogen-bond donors (Lipinski definition) is 0. The SMILES string of the molecule is Cn1cc(C(=O)N2CCC[C@]3(CCN(c4cncnc4)C3=O)C2)cn1. The number of nitrogens with zero attached hydrogens (tertiary/aromatic N) is 6. The number of anilines is 1. The van der Waals surface area contributed by atoms with Crippen LogP contribution in [0.2, 0.25) is 0 Å². The maximum Gasteiger partial charge on any atom is 0.257 e. The van der Waals surface area contributed by atoms with Crippen LogP contribution in [0.1, 0.15) is 29.6 Å². The third-order valence-electron chi connectivity index (χ3n) is 5.19. The molecule has 0 bridgehead atoms. The molecule has 2 aromatic rings. The molecule has 8 nitrogen and oxygen atoms in total. The summed E-state index contributed by atoms with van der Waals surface area (Å²) in [5.74, 6) is 0.0208. The first-order chi connectivity index (χ1) is 12.1. The number of carbonyl (C=O) groups is 2. The maximum absolute atomic E-state index is 13.1. The van der Waals surface area contributed by atoms with Crippen LogP contribution in [-0.2, 0) is 11.8 Å². The van der Waals surface area contributed by atoms with E-state index in [9.17, 15) is 9.59 Å². The molecule has 1 atom stereocenters. The van der Waals surface area contributed by atoms with E-state index in [1.54, 1.807) is 46.3 Å². The molecule has 0 unspecified atom stereocenters. The van der Waals surface area contributed by atoms with E-state index in [0.29, 0.717) is 25.2 Å². The van der Waals surface area contributed by atoms with Gasteiger partial charge in [-0.15, -0.1) is 0 Å². The Morgan fingerprint density at radius 2 is 1.96 bits per heavy atom. The van der Waals surface area contributed by atoms with Crippen molar-refractivity contribution in [2.45, 2.75) is 19.3 Å². The van der Waals surface area contributed by atoms with E-state index in [1.807, 2.05) is 0 Å². The van der Waals surface area contributed by atoms with Crippen LogP contribution in [0.15, 0.2) is 31.1 Å². The van der Waals surface area contributed by atoms with Gasteiger partial charge in [-0.2, -0.15) is 5.10 Å². The van der Waals surface area contributed by atoms with E-state index >= 15 is 0 Å². The lowest BCUT2D eigenvalue weighted by Crippen LogP contribution is -2.49. The Labute approximate surface area is 145 Å². The molecule has 130 valence electrons. The maximum atomic E-state index is 13.1. The van der Waals surface area contributed by atoms with Crippen molar-refractivity contribution >= 4 is 17.5 Å². The van der Waals surface area contributed by atoms with Gasteiger partial charge in [0.1, 0.15) is 6.33 Å². The minimum absolute atomic E-state index is 0.0542. The minimum Gasteiger partial charge on any atom is -0.337 e. The number of piperidine rings is 1. The van der Waals surface area contributed by atoms with Gasteiger partial charge in [-0.1, -0.05) is 0 Å². The molecule has 2 aromatic heterocycles. The Kier molecular flexibility index (Phi) is 3.74. The quantitative estimate of drug-likeness (QED) is 0.810. The van der Waals surface area contributed by atoms with Gasteiger partial charge in [-0.05, 0) is 19.3 Å². The Morgan fingerprint density at radius 1 is 1.16 bits per heavy atom. The van der Waals surface area contributed by atoms with Crippen molar-refractivity contribution < 1.29 is 9.59 Å². The molecular formula is C17H20N6O2. The molecule has 0 radical (unpaired) electrons. The van der Waals surface area contributed by atoms with Crippen LogP contribution in [-0.4, -0.2) is 56.1 Å². The van der Waals surface area contributed by atoms with Crippen LogP contribution in [0.3, 0.4) is 0 Å². The monoisotopic (exact) mass is 340 g/mol. The van der Waals surface area contributed by atoms with Crippen LogP contribution in [0.4, 0.5) is 5.69 Å². The van der Waals surface area contributed by atoms with Crippen molar-refractivity contribution in [3.8, 4) is 0 Å². The molecule has 1 spiro atoms. The molecule has 2 saturated heterocycles. The molecule has 8 heteroatoms. The van der Waals surface area contributed by atoms with E-state index in [0.717, 1.165) is 24.9 Å². The molecule has 2 fully saturated rings. The van der Waals surface area contributed by atoms with Crippen molar-refractivity contribution in [2.24, 2.45) is 12.5 Å². The molecule has 0 N–H and O–H groups in total. The fourth-order valence-electron chi connectivity index (χ4n) is 3.90. The van der Waals surface area contributed by atoms with Crippen molar-refractivity contribution in [3.05, 3.63) is 36.7 Å². The molecular weight excluding hydrogens is 320 g/mol. The lowest BCUT2D eigenvalue weighted by Gasteiger charge is -2.38. The predicted molar refractivity (Wildman–Crippen MR) is 89.8 cm³/mol. The first-order valence-corrected chi connectivity index (χ1v) is 8.44. The summed E-state index contributed by atoms with van der Waals surface area (Å²) in [6.07, 6.45) is 10.5. The average Bonchev–Trinajstić information content (AvgIpc) is 3.20. The van der Waals surface area contributed by atoms with Gasteiger partial charge in [0, 0.05) is 32.9 Å². The number of aryl methyl sites for hydroxylation is 1. The van der Waals surface area contributed by atoms with E-state index in [1.165, 1.54) is 6.33 Å². The van der Waals surface area contributed by atoms with Crippen LogP contribution in [0.25, 0.3) is 0 Å². The van der Waals surface area contributed by atoms with E-state index in [2.05, 4.69) is 15.1 Å². The molecule has 0 aliphatic carbocycles. The zero-order chi connectivity index (χ0) is 17.4. The van der Waals surface area contributed by atoms with Gasteiger partial charge in [-0.25, -0.2) is 9.97 Å². The van der Waals surface area contributed by atoms with Crippen molar-refractivity contribution in [1.29, 1.82) is 0 Å². The zero-order valence-electron chi connectivity index (χ0n) is 14.1. The number of carbonyl (C=O) groups excluding carboxylic acids is 2. The van der Waals surface area contributed by atoms with Gasteiger partial charge in [0.05, 0.1) is 35.3 Å². The van der Waals surface area contributed by atoms with Crippen LogP contribution < -0.4 is 4.90 Å². The molecule has 2 aliphatic rings. The summed E-state index contributed by atoms with van der Waals surface area (Å²) in [6, 6.07) is 0. The Morgan fingerprint density at radius 3 is 2.68 bits per heavy atom. The van der Waals surface area contributed by atoms with Gasteiger partial charge in [-0.3, -0.25) is 14.3 Å². The second kappa shape index (κ2) is 5.94. The Balaban J connectivity index is 1.54. The summed E-state index contributed by atoms with van der Waals surface area (Å²) in [7, 11) is 1.79. The van der Waals surface area contributed by atoms with Gasteiger partial charge in [0.25, 0.3) is 5.91 Å². The molecule has 2 aliphatic heterocycles. The number of amides is 2. The number of hydrogen-bond acceptors (Lipinski definition) is 5. The Bertz CT molecular complexity index is 804. The van der Waals surface area contributed by atoms with E-state index in [4.69, 9.17) is 0 Å². The lowest BCUT2D eigenvalue weighted by atomic mass is 9.78. The summed E-state index contributed by atoms with van der Waals surface area (Å²) in [5, 5.41) is 4.07. The summed E-state index contributed by atoms with van der Waals surface area (Å²) in [4.78, 5) is 37.4. The highest BCUT2D eigenvalue weighted by Gasteiger charge is 2.50. The highest BCUT2D eigenvalue weighted by molar-refractivity contribution is 6.01. The molecule has 4 heterocycles. The van der Waals surface area contributed by atoms with E-state index in [-0.39, 0.29) is 11.8 Å². The highest BCUT2D eigenvalue weighted by Crippen LogP contribution is 2.41. The number of rotatable bonds is 2. The fraction of sp³-hybridized carbons (Fsp3) is 0.471. The molecule has 0 aromatic carbocycles. The largest absolute Gasteiger partial charge is 0.337 e. The fourth-order valence-corrected chi connectivity index (χ4v) is 3.90. The third kappa shape index (κ3) is 2.67. The first-order valence-electron chi connectivity index (χ1n) is 8.44. The van der Waals surface area contributed by atoms with Gasteiger partial charge < -0.3 is 9.80 Å². The molecule has 4 rings (SSSR count). The number of aromatic nitrogens is 4. The third-order valence-corrected chi connectivity index (χ3v) is 5.19. The topological polar surface area (TPSA) is 84.2 Å². The summed E-state index contributed by atoms with van der Waals surface area (Å²) in [5.41, 5.74) is 0.796. The second-order valence-corrected chi connectivity index (χ2v) is 6.82. The normalized spacial score (nSPS) is 23.5. The second-order valence-electron chi connectivity index (χ2n) is 6.82. The standard InChI is InChI=1S/C17H20N6O2/c1-21-10-13(7-20-21)15(24)22-5-2-3-17(11-22)4-6-23(16(17)25)14-8-18-12-19-9-14/h7-10,12H,2-6,11H2,1H3/t17-/m0/s1. The van der Waals surface area contributed by atoms with Gasteiger partial charge >= 0.3 is 0 Å². The smallest absolute Gasteiger partial charge is 0.257 e. The van der Waals surface area contributed by atoms with Crippen molar-refractivity contribution in [1.82, 2.24) is 24.6 Å². The average molecular weight is 340 g/mol. The van der Waals surface area contributed by atoms with Crippen LogP contribution in [0, 0.1) is 5.41 Å². The lowest BCUT2D eigenvalue weighted by molar-refractivity contribution is -0.127. The Hall–Kier alpha value is -2.77. The summed E-state index contributed by atoms with van der Waals surface area (Å²) < 4.78 is 1.62. The molecule has 0 saturated carbocycles. The van der Waals surface area contributed by atoms with Crippen molar-refractivity contribution in [2.75, 3.05) is 24.5 Å². The molecule has 2 amide bonds.